The van der Waals surface area contributed by atoms with Crippen LogP contribution in [0.1, 0.15) is 24.4 Å². The molecule has 2 N–H and O–H groups in total. The Morgan fingerprint density at radius 2 is 2.37 bits per heavy atom. The maximum atomic E-state index is 11.4. The number of aromatic nitrogens is 2. The highest BCUT2D eigenvalue weighted by Gasteiger charge is 2.28. The maximum absolute atomic E-state index is 11.4. The van der Waals surface area contributed by atoms with Gasteiger partial charge in [0.1, 0.15) is 5.82 Å². The van der Waals surface area contributed by atoms with E-state index in [1.54, 1.807) is 6.07 Å². The summed E-state index contributed by atoms with van der Waals surface area (Å²) in [5.74, 6) is 0.471. The molecule has 0 saturated heterocycles. The second-order valence-corrected chi connectivity index (χ2v) is 6.15. The number of benzene rings is 1. The van der Waals surface area contributed by atoms with Gasteiger partial charge in [-0.2, -0.15) is 4.37 Å². The van der Waals surface area contributed by atoms with E-state index in [1.807, 2.05) is 19.1 Å². The molecule has 1 atom stereocenters. The van der Waals surface area contributed by atoms with E-state index in [9.17, 15) is 9.90 Å². The summed E-state index contributed by atoms with van der Waals surface area (Å²) in [7, 11) is 0. The predicted molar refractivity (Wildman–Crippen MR) is 73.4 cm³/mol. The molecular weight excluding hydrogens is 282 g/mol. The number of anilines is 1. The lowest BCUT2D eigenvalue weighted by molar-refractivity contribution is -0.123. The zero-order chi connectivity index (χ0) is 13.4. The Labute approximate surface area is 118 Å². The average Bonchev–Trinajstić information content (AvgIpc) is 2.96. The molecule has 0 saturated carbocycles. The Hall–Kier alpha value is -1.44. The molecule has 0 fully saturated rings. The largest absolute Gasteiger partial charge is 0.378 e. The molecule has 1 unspecified atom stereocenters. The fraction of sp³-hybridized carbons (Fsp3) is 0.250. The van der Waals surface area contributed by atoms with Crippen molar-refractivity contribution in [1.82, 2.24) is 9.36 Å². The first kappa shape index (κ1) is 12.6. The monoisotopic (exact) mass is 293 g/mol. The molecule has 2 heterocycles. The third-order valence-electron chi connectivity index (χ3n) is 2.80. The Kier molecular flexibility index (Phi) is 3.26. The van der Waals surface area contributed by atoms with Gasteiger partial charge in [0, 0.05) is 22.6 Å². The predicted octanol–water partition coefficient (Wildman–Crippen LogP) is 2.24. The van der Waals surface area contributed by atoms with Crippen molar-refractivity contribution in [3.8, 4) is 0 Å². The first-order valence-corrected chi connectivity index (χ1v) is 7.39. The van der Waals surface area contributed by atoms with Crippen LogP contribution in [0.4, 0.5) is 5.69 Å². The highest BCUT2D eigenvalue weighted by Crippen LogP contribution is 2.36. The minimum absolute atomic E-state index is 0.374. The van der Waals surface area contributed by atoms with Crippen LogP contribution in [0.15, 0.2) is 27.4 Å². The average molecular weight is 293 g/mol. The molecule has 1 aliphatic heterocycles. The number of fused-ring (bicyclic) bond motifs is 1. The van der Waals surface area contributed by atoms with E-state index in [1.165, 1.54) is 23.3 Å². The normalized spacial score (nSPS) is 17.4. The molecule has 7 heteroatoms. The van der Waals surface area contributed by atoms with Gasteiger partial charge in [-0.1, -0.05) is 24.8 Å². The van der Waals surface area contributed by atoms with Crippen molar-refractivity contribution in [3.63, 3.8) is 0 Å². The number of hydrogen-bond acceptors (Lipinski definition) is 6. The smallest absolute Gasteiger partial charge is 0.257 e. The van der Waals surface area contributed by atoms with Crippen molar-refractivity contribution in [2.75, 3.05) is 5.32 Å². The molecule has 1 aliphatic rings. The minimum atomic E-state index is -1.05. The van der Waals surface area contributed by atoms with Crippen LogP contribution < -0.4 is 5.32 Å². The number of carbonyl (C=O) groups is 1. The van der Waals surface area contributed by atoms with Crippen molar-refractivity contribution in [1.29, 1.82) is 0 Å². The van der Waals surface area contributed by atoms with Gasteiger partial charge >= 0.3 is 0 Å². The standard InChI is InChI=1S/C12H11N3O2S2/c1-2-9-14-12(19-15-9)18-6-3-4-7-8(5-6)13-11(17)10(7)16/h3-5,10,16H,2H2,1H3,(H,13,17). The lowest BCUT2D eigenvalue weighted by atomic mass is 10.1. The third-order valence-corrected chi connectivity index (χ3v) is 4.58. The molecule has 0 radical (unpaired) electrons. The fourth-order valence-electron chi connectivity index (χ4n) is 1.81. The quantitative estimate of drug-likeness (QED) is 0.907. The zero-order valence-corrected chi connectivity index (χ0v) is 11.7. The fourth-order valence-corrected chi connectivity index (χ4v) is 3.53. The molecule has 2 aromatic rings. The highest BCUT2D eigenvalue weighted by molar-refractivity contribution is 8.01. The molecule has 0 bridgehead atoms. The number of aryl methyl sites for hydroxylation is 1. The number of nitrogens with zero attached hydrogens (tertiary/aromatic N) is 2. The van der Waals surface area contributed by atoms with E-state index in [4.69, 9.17) is 0 Å². The van der Waals surface area contributed by atoms with E-state index in [2.05, 4.69) is 14.7 Å². The van der Waals surface area contributed by atoms with Crippen LogP contribution in [0.2, 0.25) is 0 Å². The van der Waals surface area contributed by atoms with Gasteiger partial charge in [-0.15, -0.1) is 0 Å². The minimum Gasteiger partial charge on any atom is -0.378 e. The summed E-state index contributed by atoms with van der Waals surface area (Å²) in [6, 6.07) is 5.49. The second kappa shape index (κ2) is 4.92. The van der Waals surface area contributed by atoms with E-state index in [0.717, 1.165) is 21.5 Å². The van der Waals surface area contributed by atoms with Crippen LogP contribution in [0.3, 0.4) is 0 Å². The summed E-state index contributed by atoms with van der Waals surface area (Å²) < 4.78 is 5.10. The second-order valence-electron chi connectivity index (χ2n) is 4.07. The van der Waals surface area contributed by atoms with Crippen LogP contribution in [0, 0.1) is 0 Å². The van der Waals surface area contributed by atoms with Crippen LogP contribution in [0.25, 0.3) is 0 Å². The molecule has 1 amide bonds. The van der Waals surface area contributed by atoms with E-state index in [0.29, 0.717) is 11.3 Å². The number of amides is 1. The summed E-state index contributed by atoms with van der Waals surface area (Å²) in [5, 5.41) is 12.3. The number of carbonyl (C=O) groups excluding carboxylic acids is 1. The number of aliphatic hydroxyl groups excluding tert-OH is 1. The highest BCUT2D eigenvalue weighted by atomic mass is 32.2. The molecular formula is C12H11N3O2S2. The number of nitrogens with one attached hydrogen (secondary N) is 1. The molecule has 19 heavy (non-hydrogen) atoms. The lowest BCUT2D eigenvalue weighted by Crippen LogP contribution is -2.10. The van der Waals surface area contributed by atoms with Crippen LogP contribution in [-0.4, -0.2) is 20.4 Å². The number of rotatable bonds is 3. The van der Waals surface area contributed by atoms with Crippen LogP contribution in [-0.2, 0) is 11.2 Å². The summed E-state index contributed by atoms with van der Waals surface area (Å²) >= 11 is 2.87. The Morgan fingerprint density at radius 1 is 1.53 bits per heavy atom. The summed E-state index contributed by atoms with van der Waals surface area (Å²) in [4.78, 5) is 16.7. The van der Waals surface area contributed by atoms with Gasteiger partial charge < -0.3 is 10.4 Å². The van der Waals surface area contributed by atoms with Gasteiger partial charge in [0.2, 0.25) is 0 Å². The van der Waals surface area contributed by atoms with Crippen molar-refractivity contribution in [3.05, 3.63) is 29.6 Å². The van der Waals surface area contributed by atoms with Gasteiger partial charge in [-0.25, -0.2) is 4.98 Å². The van der Waals surface area contributed by atoms with E-state index in [-0.39, 0.29) is 5.91 Å². The first-order valence-electron chi connectivity index (χ1n) is 5.80. The molecule has 1 aromatic carbocycles. The number of hydrogen-bond donors (Lipinski definition) is 2. The summed E-state index contributed by atoms with van der Waals surface area (Å²) in [5.41, 5.74) is 1.29. The van der Waals surface area contributed by atoms with Gasteiger partial charge in [0.15, 0.2) is 10.4 Å². The van der Waals surface area contributed by atoms with Crippen molar-refractivity contribution in [2.45, 2.75) is 28.7 Å². The molecule has 1 aromatic heterocycles. The molecule has 0 aliphatic carbocycles. The van der Waals surface area contributed by atoms with Crippen molar-refractivity contribution in [2.24, 2.45) is 0 Å². The summed E-state index contributed by atoms with van der Waals surface area (Å²) in [6.45, 7) is 2.02. The van der Waals surface area contributed by atoms with Gasteiger partial charge in [0.05, 0.1) is 0 Å². The lowest BCUT2D eigenvalue weighted by Gasteiger charge is -2.02. The molecule has 0 spiro atoms. The van der Waals surface area contributed by atoms with E-state index >= 15 is 0 Å². The first-order chi connectivity index (χ1) is 9.17. The van der Waals surface area contributed by atoms with Crippen molar-refractivity contribution >= 4 is 34.9 Å². The molecule has 3 rings (SSSR count). The van der Waals surface area contributed by atoms with Crippen LogP contribution in [0.5, 0.6) is 0 Å². The SMILES string of the molecule is CCc1nsc(Sc2ccc3c(c2)NC(=O)C3O)n1. The maximum Gasteiger partial charge on any atom is 0.257 e. The van der Waals surface area contributed by atoms with Gasteiger partial charge in [0.25, 0.3) is 5.91 Å². The van der Waals surface area contributed by atoms with Gasteiger partial charge in [-0.3, -0.25) is 4.79 Å². The Balaban J connectivity index is 1.84. The zero-order valence-electron chi connectivity index (χ0n) is 10.1. The third kappa shape index (κ3) is 2.36. The Bertz CT molecular complexity index is 642. The van der Waals surface area contributed by atoms with Crippen molar-refractivity contribution < 1.29 is 9.90 Å². The number of aliphatic hydroxyl groups is 1. The molecule has 98 valence electrons. The molecule has 5 nitrogen and oxygen atoms in total. The van der Waals surface area contributed by atoms with E-state index < -0.39 is 6.10 Å². The Morgan fingerprint density at radius 3 is 3.11 bits per heavy atom. The van der Waals surface area contributed by atoms with Gasteiger partial charge in [-0.05, 0) is 23.7 Å². The summed E-state index contributed by atoms with van der Waals surface area (Å²) in [6.07, 6.45) is -0.231. The van der Waals surface area contributed by atoms with Crippen LogP contribution >= 0.6 is 23.3 Å². The topological polar surface area (TPSA) is 75.1 Å².